The first-order valence-electron chi connectivity index (χ1n) is 6.92. The van der Waals surface area contributed by atoms with Gasteiger partial charge in [-0.25, -0.2) is 0 Å². The van der Waals surface area contributed by atoms with Gasteiger partial charge in [-0.15, -0.1) is 0 Å². The van der Waals surface area contributed by atoms with Gasteiger partial charge in [0.25, 0.3) is 0 Å². The minimum atomic E-state index is -0.955. The molecule has 6 nitrogen and oxygen atoms in total. The van der Waals surface area contributed by atoms with Gasteiger partial charge >= 0.3 is 5.97 Å². The topological polar surface area (TPSA) is 75.4 Å². The highest BCUT2D eigenvalue weighted by atomic mass is 16.4. The van der Waals surface area contributed by atoms with Crippen molar-refractivity contribution in [1.29, 1.82) is 0 Å². The van der Waals surface area contributed by atoms with E-state index in [2.05, 4.69) is 5.10 Å². The molecule has 1 heterocycles. The molecule has 0 saturated heterocycles. The molecular weight excluding hydrogens is 258 g/mol. The number of aromatic nitrogens is 2. The number of amides is 1. The average molecular weight is 279 g/mol. The Morgan fingerprint density at radius 1 is 1.50 bits per heavy atom. The van der Waals surface area contributed by atoms with Gasteiger partial charge in [0.05, 0.1) is 11.7 Å². The zero-order valence-electron chi connectivity index (χ0n) is 12.2. The van der Waals surface area contributed by atoms with Gasteiger partial charge in [-0.05, 0) is 39.7 Å². The van der Waals surface area contributed by atoms with E-state index in [-0.39, 0.29) is 31.0 Å². The number of carbonyl (C=O) groups excluding carboxylic acids is 1. The van der Waals surface area contributed by atoms with Gasteiger partial charge in [-0.3, -0.25) is 14.3 Å². The summed E-state index contributed by atoms with van der Waals surface area (Å²) in [5, 5.41) is 13.3. The molecule has 1 saturated carbocycles. The molecule has 1 aliphatic carbocycles. The number of hydrogen-bond acceptors (Lipinski definition) is 3. The maximum atomic E-state index is 12.3. The molecule has 0 aromatic carbocycles. The molecule has 110 valence electrons. The third kappa shape index (κ3) is 3.37. The predicted molar refractivity (Wildman–Crippen MR) is 73.4 cm³/mol. The van der Waals surface area contributed by atoms with Crippen molar-refractivity contribution >= 4 is 11.9 Å². The van der Waals surface area contributed by atoms with Gasteiger partial charge in [-0.2, -0.15) is 5.10 Å². The Kier molecular flexibility index (Phi) is 4.11. The van der Waals surface area contributed by atoms with Crippen molar-refractivity contribution in [2.75, 3.05) is 6.54 Å². The number of carboxylic acid groups (broad SMARTS) is 1. The molecule has 1 aromatic heterocycles. The Labute approximate surface area is 118 Å². The standard InChI is InChI=1S/C14H21N3O3/c1-9-6-10(2)17(15-9)11(3)7-13(18)16(8-14(19)20)12-4-5-12/h6,11-12H,4-5,7-8H2,1-3H3,(H,19,20). The molecule has 6 heteroatoms. The first kappa shape index (κ1) is 14.6. The van der Waals surface area contributed by atoms with Crippen LogP contribution in [-0.2, 0) is 9.59 Å². The van der Waals surface area contributed by atoms with Crippen molar-refractivity contribution in [1.82, 2.24) is 14.7 Å². The van der Waals surface area contributed by atoms with Crippen molar-refractivity contribution in [2.24, 2.45) is 0 Å². The van der Waals surface area contributed by atoms with E-state index in [0.717, 1.165) is 24.2 Å². The molecule has 1 N–H and O–H groups in total. The summed E-state index contributed by atoms with van der Waals surface area (Å²) < 4.78 is 1.83. The Morgan fingerprint density at radius 3 is 2.60 bits per heavy atom. The Hall–Kier alpha value is -1.85. The van der Waals surface area contributed by atoms with Crippen LogP contribution in [0.4, 0.5) is 0 Å². The number of rotatable bonds is 6. The number of nitrogens with zero attached hydrogens (tertiary/aromatic N) is 3. The van der Waals surface area contributed by atoms with Crippen LogP contribution in [0.25, 0.3) is 0 Å². The van der Waals surface area contributed by atoms with Gasteiger partial charge in [0.15, 0.2) is 0 Å². The van der Waals surface area contributed by atoms with E-state index in [1.807, 2.05) is 31.5 Å². The fourth-order valence-corrected chi connectivity index (χ4v) is 2.50. The van der Waals surface area contributed by atoms with Crippen LogP contribution < -0.4 is 0 Å². The Morgan fingerprint density at radius 2 is 2.15 bits per heavy atom. The maximum Gasteiger partial charge on any atom is 0.323 e. The summed E-state index contributed by atoms with van der Waals surface area (Å²) in [5.74, 6) is -1.06. The SMILES string of the molecule is Cc1cc(C)n(C(C)CC(=O)N(CC(=O)O)C2CC2)n1. The van der Waals surface area contributed by atoms with E-state index in [4.69, 9.17) is 5.11 Å². The first-order valence-corrected chi connectivity index (χ1v) is 6.92. The van der Waals surface area contributed by atoms with Crippen molar-refractivity contribution in [3.05, 3.63) is 17.5 Å². The van der Waals surface area contributed by atoms with E-state index in [0.29, 0.717) is 0 Å². The molecule has 0 radical (unpaired) electrons. The molecule has 1 amide bonds. The lowest BCUT2D eigenvalue weighted by Gasteiger charge is -2.22. The summed E-state index contributed by atoms with van der Waals surface area (Å²) in [6, 6.07) is 2.02. The van der Waals surface area contributed by atoms with Gasteiger partial charge in [0.1, 0.15) is 6.54 Å². The summed E-state index contributed by atoms with van der Waals surface area (Å²) in [6.07, 6.45) is 2.10. The van der Waals surface area contributed by atoms with Gasteiger partial charge in [0, 0.05) is 18.2 Å². The molecule has 0 aliphatic heterocycles. The lowest BCUT2D eigenvalue weighted by molar-refractivity contribution is -0.145. The zero-order chi connectivity index (χ0) is 14.9. The third-order valence-electron chi connectivity index (χ3n) is 3.55. The highest BCUT2D eigenvalue weighted by molar-refractivity contribution is 5.82. The van der Waals surface area contributed by atoms with E-state index in [9.17, 15) is 9.59 Å². The lowest BCUT2D eigenvalue weighted by Crippen LogP contribution is -2.38. The lowest BCUT2D eigenvalue weighted by atomic mass is 10.2. The molecule has 1 aliphatic rings. The second-order valence-corrected chi connectivity index (χ2v) is 5.57. The number of hydrogen-bond donors (Lipinski definition) is 1. The maximum absolute atomic E-state index is 12.3. The fraction of sp³-hybridized carbons (Fsp3) is 0.643. The van der Waals surface area contributed by atoms with Crippen molar-refractivity contribution < 1.29 is 14.7 Å². The molecule has 1 unspecified atom stereocenters. The van der Waals surface area contributed by atoms with Crippen LogP contribution in [-0.4, -0.2) is 44.3 Å². The van der Waals surface area contributed by atoms with Gasteiger partial charge in [0.2, 0.25) is 5.91 Å². The Bertz CT molecular complexity index is 520. The number of aliphatic carboxylic acids is 1. The molecule has 2 rings (SSSR count). The van der Waals surface area contributed by atoms with Crippen LogP contribution in [0.1, 0.15) is 43.6 Å². The Balaban J connectivity index is 2.02. The molecule has 1 aromatic rings. The average Bonchev–Trinajstić information content (AvgIpc) is 3.11. The smallest absolute Gasteiger partial charge is 0.323 e. The van der Waals surface area contributed by atoms with E-state index in [1.54, 1.807) is 0 Å². The normalized spacial score (nSPS) is 15.9. The highest BCUT2D eigenvalue weighted by Crippen LogP contribution is 2.28. The van der Waals surface area contributed by atoms with Gasteiger partial charge < -0.3 is 10.0 Å². The highest BCUT2D eigenvalue weighted by Gasteiger charge is 2.34. The largest absolute Gasteiger partial charge is 0.480 e. The first-order chi connectivity index (χ1) is 9.38. The summed E-state index contributed by atoms with van der Waals surface area (Å²) in [4.78, 5) is 24.6. The van der Waals surface area contributed by atoms with Crippen molar-refractivity contribution in [3.8, 4) is 0 Å². The van der Waals surface area contributed by atoms with Crippen molar-refractivity contribution in [3.63, 3.8) is 0 Å². The van der Waals surface area contributed by atoms with Crippen molar-refractivity contribution in [2.45, 2.75) is 52.1 Å². The molecule has 1 atom stereocenters. The van der Waals surface area contributed by atoms with Gasteiger partial charge in [-0.1, -0.05) is 0 Å². The van der Waals surface area contributed by atoms with Crippen LogP contribution in [0, 0.1) is 13.8 Å². The second-order valence-electron chi connectivity index (χ2n) is 5.57. The molecular formula is C14H21N3O3. The minimum Gasteiger partial charge on any atom is -0.480 e. The minimum absolute atomic E-state index is 0.0637. The van der Waals surface area contributed by atoms with E-state index in [1.165, 1.54) is 4.90 Å². The second kappa shape index (κ2) is 5.64. The van der Waals surface area contributed by atoms with Crippen LogP contribution >= 0.6 is 0 Å². The molecule has 0 bridgehead atoms. The summed E-state index contributed by atoms with van der Waals surface area (Å²) >= 11 is 0. The fourth-order valence-electron chi connectivity index (χ4n) is 2.50. The number of carbonyl (C=O) groups is 2. The number of carboxylic acids is 1. The van der Waals surface area contributed by atoms with Crippen LogP contribution in [0.3, 0.4) is 0 Å². The monoisotopic (exact) mass is 279 g/mol. The summed E-state index contributed by atoms with van der Waals surface area (Å²) in [7, 11) is 0. The number of aryl methyl sites for hydroxylation is 2. The molecule has 0 spiro atoms. The molecule has 1 fully saturated rings. The van der Waals surface area contributed by atoms with E-state index < -0.39 is 5.97 Å². The quantitative estimate of drug-likeness (QED) is 0.856. The third-order valence-corrected chi connectivity index (χ3v) is 3.55. The van der Waals surface area contributed by atoms with Crippen LogP contribution in [0.2, 0.25) is 0 Å². The zero-order valence-corrected chi connectivity index (χ0v) is 12.2. The van der Waals surface area contributed by atoms with E-state index >= 15 is 0 Å². The van der Waals surface area contributed by atoms with Crippen LogP contribution in [0.5, 0.6) is 0 Å². The molecule has 20 heavy (non-hydrogen) atoms. The summed E-state index contributed by atoms with van der Waals surface area (Å²) in [5.41, 5.74) is 1.94. The predicted octanol–water partition coefficient (Wildman–Crippen LogP) is 1.53. The summed E-state index contributed by atoms with van der Waals surface area (Å²) in [6.45, 7) is 5.60. The van der Waals surface area contributed by atoms with Crippen LogP contribution in [0.15, 0.2) is 6.07 Å².